The maximum atomic E-state index is 8.69. The van der Waals surface area contributed by atoms with Crippen molar-refractivity contribution in [3.05, 3.63) is 65.2 Å². The van der Waals surface area contributed by atoms with Gasteiger partial charge in [-0.15, -0.1) is 0 Å². The Balaban J connectivity index is 2.21. The molecule has 2 aromatic rings. The highest BCUT2D eigenvalue weighted by molar-refractivity contribution is 5.32. The van der Waals surface area contributed by atoms with Gasteiger partial charge in [0.2, 0.25) is 0 Å². The van der Waals surface area contributed by atoms with Gasteiger partial charge in [0.05, 0.1) is 12.5 Å². The second-order valence-corrected chi connectivity index (χ2v) is 5.23. The van der Waals surface area contributed by atoms with Crippen molar-refractivity contribution < 1.29 is 4.74 Å². The fraction of sp³-hybridized carbons (Fsp3) is 0.278. The van der Waals surface area contributed by atoms with Gasteiger partial charge < -0.3 is 10.5 Å². The summed E-state index contributed by atoms with van der Waals surface area (Å²) in [5, 5.41) is 8.69. The Labute approximate surface area is 126 Å². The maximum absolute atomic E-state index is 8.69. The maximum Gasteiger partial charge on any atom is 0.139 e. The van der Waals surface area contributed by atoms with Crippen LogP contribution in [0.5, 0.6) is 5.75 Å². The largest absolute Gasteiger partial charge is 0.484 e. The molecule has 0 aromatic heterocycles. The van der Waals surface area contributed by atoms with Crippen LogP contribution in [0.3, 0.4) is 0 Å². The average Bonchev–Trinajstić information content (AvgIpc) is 2.47. The molecule has 2 atom stereocenters. The topological polar surface area (TPSA) is 59.0 Å². The van der Waals surface area contributed by atoms with Crippen molar-refractivity contribution in [1.29, 1.82) is 5.26 Å². The molecule has 0 radical (unpaired) electrons. The highest BCUT2D eigenvalue weighted by Gasteiger charge is 2.19. The third-order valence-electron chi connectivity index (χ3n) is 3.44. The zero-order chi connectivity index (χ0) is 15.2. The summed E-state index contributed by atoms with van der Waals surface area (Å²) in [6, 6.07) is 17.7. The number of hydrogen-bond acceptors (Lipinski definition) is 3. The number of benzene rings is 2. The molecule has 0 fully saturated rings. The van der Waals surface area contributed by atoms with E-state index in [0.717, 1.165) is 16.9 Å². The van der Waals surface area contributed by atoms with Gasteiger partial charge in [0.25, 0.3) is 0 Å². The van der Waals surface area contributed by atoms with E-state index in [1.807, 2.05) is 49.4 Å². The zero-order valence-electron chi connectivity index (χ0n) is 12.4. The quantitative estimate of drug-likeness (QED) is 0.911. The second-order valence-electron chi connectivity index (χ2n) is 5.23. The molecular weight excluding hydrogens is 260 g/mol. The van der Waals surface area contributed by atoms with Crippen LogP contribution in [0.2, 0.25) is 0 Å². The molecule has 2 rings (SSSR count). The van der Waals surface area contributed by atoms with Crippen LogP contribution >= 0.6 is 0 Å². The summed E-state index contributed by atoms with van der Waals surface area (Å²) >= 11 is 0. The molecule has 3 heteroatoms. The Hall–Kier alpha value is -2.31. The summed E-state index contributed by atoms with van der Waals surface area (Å²) in [5.74, 6) is 0.766. The summed E-state index contributed by atoms with van der Waals surface area (Å²) in [7, 11) is 0. The Morgan fingerprint density at radius 2 is 1.81 bits per heavy atom. The summed E-state index contributed by atoms with van der Waals surface area (Å²) < 4.78 is 6.07. The van der Waals surface area contributed by atoms with E-state index in [9.17, 15) is 0 Å². The molecule has 2 aromatic carbocycles. The van der Waals surface area contributed by atoms with Crippen molar-refractivity contribution in [2.24, 2.45) is 5.73 Å². The standard InChI is InChI=1S/C18H20N2O/c1-13-5-3-4-6-17(13)18(14(2)20)21-16-9-7-15(8-10-16)11-12-19/h3-10,14,18H,11,20H2,1-2H3. The summed E-state index contributed by atoms with van der Waals surface area (Å²) in [6.45, 7) is 4.01. The predicted molar refractivity (Wildman–Crippen MR) is 84.0 cm³/mol. The molecule has 0 aliphatic carbocycles. The molecule has 0 saturated heterocycles. The monoisotopic (exact) mass is 280 g/mol. The molecule has 108 valence electrons. The molecular formula is C18H20N2O. The van der Waals surface area contributed by atoms with E-state index in [1.165, 1.54) is 5.56 Å². The van der Waals surface area contributed by atoms with Gasteiger partial charge in [-0.1, -0.05) is 36.4 Å². The molecule has 0 saturated carbocycles. The Morgan fingerprint density at radius 3 is 2.38 bits per heavy atom. The summed E-state index contributed by atoms with van der Waals surface area (Å²) in [4.78, 5) is 0. The lowest BCUT2D eigenvalue weighted by Gasteiger charge is -2.24. The first-order valence-electron chi connectivity index (χ1n) is 7.05. The molecule has 0 heterocycles. The molecule has 0 spiro atoms. The van der Waals surface area contributed by atoms with Crippen LogP contribution in [0.15, 0.2) is 48.5 Å². The van der Waals surface area contributed by atoms with Gasteiger partial charge in [0.1, 0.15) is 11.9 Å². The van der Waals surface area contributed by atoms with E-state index < -0.39 is 0 Å². The van der Waals surface area contributed by atoms with Crippen molar-refractivity contribution in [1.82, 2.24) is 0 Å². The number of hydrogen-bond donors (Lipinski definition) is 1. The second kappa shape index (κ2) is 6.92. The fourth-order valence-corrected chi connectivity index (χ4v) is 2.28. The van der Waals surface area contributed by atoms with Crippen LogP contribution in [0.25, 0.3) is 0 Å². The van der Waals surface area contributed by atoms with Crippen LogP contribution in [0.4, 0.5) is 0 Å². The third-order valence-corrected chi connectivity index (χ3v) is 3.44. The molecule has 2 unspecified atom stereocenters. The molecule has 0 amide bonds. The van der Waals surface area contributed by atoms with Gasteiger partial charge in [0.15, 0.2) is 0 Å². The normalized spacial score (nSPS) is 13.2. The minimum absolute atomic E-state index is 0.120. The lowest BCUT2D eigenvalue weighted by molar-refractivity contribution is 0.179. The highest BCUT2D eigenvalue weighted by atomic mass is 16.5. The minimum atomic E-state index is -0.187. The van der Waals surface area contributed by atoms with E-state index in [0.29, 0.717) is 6.42 Å². The van der Waals surface area contributed by atoms with Gasteiger partial charge in [0, 0.05) is 6.04 Å². The van der Waals surface area contributed by atoms with Crippen LogP contribution in [-0.4, -0.2) is 6.04 Å². The number of aryl methyl sites for hydroxylation is 1. The number of nitrogens with two attached hydrogens (primary N) is 1. The summed E-state index contributed by atoms with van der Waals surface area (Å²) in [6.07, 6.45) is 0.224. The number of nitriles is 1. The van der Waals surface area contributed by atoms with Crippen molar-refractivity contribution in [3.63, 3.8) is 0 Å². The Kier molecular flexibility index (Phi) is 4.97. The Morgan fingerprint density at radius 1 is 1.14 bits per heavy atom. The third kappa shape index (κ3) is 3.84. The lowest BCUT2D eigenvalue weighted by atomic mass is 9.99. The Bertz CT molecular complexity index is 626. The highest BCUT2D eigenvalue weighted by Crippen LogP contribution is 2.26. The first kappa shape index (κ1) is 15.1. The van der Waals surface area contributed by atoms with E-state index in [1.54, 1.807) is 0 Å². The van der Waals surface area contributed by atoms with E-state index in [-0.39, 0.29) is 12.1 Å². The lowest BCUT2D eigenvalue weighted by Crippen LogP contribution is -2.29. The first-order chi connectivity index (χ1) is 10.1. The smallest absolute Gasteiger partial charge is 0.139 e. The van der Waals surface area contributed by atoms with Crippen LogP contribution in [-0.2, 0) is 6.42 Å². The molecule has 0 bridgehead atoms. The van der Waals surface area contributed by atoms with Gasteiger partial charge in [-0.25, -0.2) is 0 Å². The first-order valence-corrected chi connectivity index (χ1v) is 7.05. The van der Waals surface area contributed by atoms with Crippen molar-refractivity contribution in [2.45, 2.75) is 32.4 Å². The van der Waals surface area contributed by atoms with E-state index in [2.05, 4.69) is 19.1 Å². The van der Waals surface area contributed by atoms with E-state index >= 15 is 0 Å². The van der Waals surface area contributed by atoms with Gasteiger partial charge in [-0.05, 0) is 42.7 Å². The number of nitrogens with zero attached hydrogens (tertiary/aromatic N) is 1. The van der Waals surface area contributed by atoms with Gasteiger partial charge in [-0.2, -0.15) is 5.26 Å². The van der Waals surface area contributed by atoms with Gasteiger partial charge >= 0.3 is 0 Å². The average molecular weight is 280 g/mol. The molecule has 21 heavy (non-hydrogen) atoms. The van der Waals surface area contributed by atoms with E-state index in [4.69, 9.17) is 15.7 Å². The zero-order valence-corrected chi connectivity index (χ0v) is 12.4. The molecule has 3 nitrogen and oxygen atoms in total. The SMILES string of the molecule is Cc1ccccc1C(Oc1ccc(CC#N)cc1)C(C)N. The van der Waals surface area contributed by atoms with Crippen LogP contribution < -0.4 is 10.5 Å². The van der Waals surface area contributed by atoms with Crippen LogP contribution in [0, 0.1) is 18.3 Å². The molecule has 2 N–H and O–H groups in total. The summed E-state index contributed by atoms with van der Waals surface area (Å²) in [5.41, 5.74) is 9.35. The number of ether oxygens (including phenoxy) is 1. The van der Waals surface area contributed by atoms with Crippen LogP contribution in [0.1, 0.15) is 29.7 Å². The van der Waals surface area contributed by atoms with Crippen molar-refractivity contribution in [2.75, 3.05) is 0 Å². The molecule has 0 aliphatic rings. The predicted octanol–water partition coefficient (Wildman–Crippen LogP) is 3.53. The number of rotatable bonds is 5. The minimum Gasteiger partial charge on any atom is -0.484 e. The molecule has 0 aliphatic heterocycles. The van der Waals surface area contributed by atoms with Gasteiger partial charge in [-0.3, -0.25) is 0 Å². The fourth-order valence-electron chi connectivity index (χ4n) is 2.28. The van der Waals surface area contributed by atoms with Crippen molar-refractivity contribution >= 4 is 0 Å². The van der Waals surface area contributed by atoms with Crippen molar-refractivity contribution in [3.8, 4) is 11.8 Å².